The van der Waals surface area contributed by atoms with Crippen molar-refractivity contribution in [2.45, 2.75) is 25.3 Å². The Hall–Kier alpha value is -1.70. The van der Waals surface area contributed by atoms with E-state index < -0.39 is 29.9 Å². The van der Waals surface area contributed by atoms with E-state index in [0.717, 1.165) is 0 Å². The van der Waals surface area contributed by atoms with Crippen molar-refractivity contribution in [2.75, 3.05) is 6.54 Å². The van der Waals surface area contributed by atoms with Gasteiger partial charge < -0.3 is 5.32 Å². The maximum absolute atomic E-state index is 12.7. The predicted octanol–water partition coefficient (Wildman–Crippen LogP) is 3.15. The highest BCUT2D eigenvalue weighted by Crippen LogP contribution is 2.23. The number of hydrogen-bond acceptors (Lipinski definition) is 3. The van der Waals surface area contributed by atoms with Gasteiger partial charge in [0.1, 0.15) is 0 Å². The molecule has 0 saturated carbocycles. The van der Waals surface area contributed by atoms with Gasteiger partial charge in [-0.05, 0) is 12.5 Å². The molecule has 0 spiro atoms. The summed E-state index contributed by atoms with van der Waals surface area (Å²) >= 11 is 0. The van der Waals surface area contributed by atoms with Crippen LogP contribution in [0.2, 0.25) is 0 Å². The van der Waals surface area contributed by atoms with E-state index >= 15 is 0 Å². The monoisotopic (exact) mass is 280 g/mol. The summed E-state index contributed by atoms with van der Waals surface area (Å²) in [6, 6.07) is 4.59. The summed E-state index contributed by atoms with van der Waals surface area (Å²) in [5.41, 5.74) is 0.365. The van der Waals surface area contributed by atoms with E-state index in [1.54, 1.807) is 0 Å². The first kappa shape index (κ1) is 15.4. The zero-order valence-corrected chi connectivity index (χ0v) is 9.95. The molecule has 0 aromatic heterocycles. The number of hydrogen-bond donors (Lipinski definition) is 1. The van der Waals surface area contributed by atoms with Crippen molar-refractivity contribution < 1.29 is 22.5 Å². The third-order valence-corrected chi connectivity index (χ3v) is 2.57. The fraction of sp³-hybridized carbons (Fsp3) is 0.455. The lowest BCUT2D eigenvalue weighted by Crippen LogP contribution is -2.39. The number of halogens is 4. The van der Waals surface area contributed by atoms with Gasteiger partial charge in [-0.1, -0.05) is 12.1 Å². The molecule has 0 bridgehead atoms. The molecule has 1 aromatic rings. The highest BCUT2D eigenvalue weighted by Gasteiger charge is 2.40. The number of rotatable bonds is 6. The predicted molar refractivity (Wildman–Crippen MR) is 60.5 cm³/mol. The summed E-state index contributed by atoms with van der Waals surface area (Å²) in [7, 11) is 0. The molecule has 0 saturated heterocycles. The second kappa shape index (κ2) is 5.96. The molecule has 19 heavy (non-hydrogen) atoms. The van der Waals surface area contributed by atoms with Gasteiger partial charge in [-0.3, -0.25) is 10.1 Å². The number of nitrogens with one attached hydrogen (secondary N) is 1. The Labute approximate surface area is 106 Å². The molecule has 0 fully saturated rings. The van der Waals surface area contributed by atoms with Gasteiger partial charge in [0.15, 0.2) is 0 Å². The molecule has 0 aliphatic heterocycles. The molecule has 1 aromatic carbocycles. The lowest BCUT2D eigenvalue weighted by Gasteiger charge is -2.20. The van der Waals surface area contributed by atoms with Crippen LogP contribution in [0.5, 0.6) is 0 Å². The largest absolute Gasteiger partial charge is 0.319 e. The van der Waals surface area contributed by atoms with Crippen LogP contribution in [0.4, 0.5) is 23.2 Å². The fourth-order valence-electron chi connectivity index (χ4n) is 1.37. The molecule has 1 N–H and O–H groups in total. The minimum absolute atomic E-state index is 0.131. The van der Waals surface area contributed by atoms with Gasteiger partial charge >= 0.3 is 12.3 Å². The molecule has 0 heterocycles. The first-order valence-corrected chi connectivity index (χ1v) is 5.38. The van der Waals surface area contributed by atoms with E-state index in [0.29, 0.717) is 5.56 Å². The topological polar surface area (TPSA) is 55.2 Å². The average molecular weight is 280 g/mol. The molecule has 106 valence electrons. The Morgan fingerprint density at radius 3 is 2.26 bits per heavy atom. The van der Waals surface area contributed by atoms with Gasteiger partial charge in [-0.25, -0.2) is 8.78 Å². The number of non-ortho nitro benzene ring substituents is 1. The van der Waals surface area contributed by atoms with E-state index in [9.17, 15) is 27.7 Å². The minimum Gasteiger partial charge on any atom is -0.304 e. The molecule has 4 nitrogen and oxygen atoms in total. The Kier molecular flexibility index (Phi) is 4.82. The van der Waals surface area contributed by atoms with Gasteiger partial charge in [-0.2, -0.15) is 8.78 Å². The van der Waals surface area contributed by atoms with E-state index in [-0.39, 0.29) is 5.69 Å². The molecular formula is C11H12F4N2O2. The van der Waals surface area contributed by atoms with Crippen LogP contribution < -0.4 is 5.32 Å². The van der Waals surface area contributed by atoms with Crippen LogP contribution in [-0.2, 0) is 0 Å². The van der Waals surface area contributed by atoms with Gasteiger partial charge in [0, 0.05) is 18.2 Å². The van der Waals surface area contributed by atoms with E-state index in [1.807, 2.05) is 0 Å². The second-order valence-electron chi connectivity index (χ2n) is 4.01. The van der Waals surface area contributed by atoms with Crippen molar-refractivity contribution in [3.8, 4) is 0 Å². The molecule has 1 atom stereocenters. The average Bonchev–Trinajstić information content (AvgIpc) is 2.36. The van der Waals surface area contributed by atoms with Crippen LogP contribution >= 0.6 is 0 Å². The summed E-state index contributed by atoms with van der Waals surface area (Å²) in [4.78, 5) is 9.83. The van der Waals surface area contributed by atoms with Crippen LogP contribution in [0.3, 0.4) is 0 Å². The lowest BCUT2D eigenvalue weighted by molar-refractivity contribution is -0.384. The van der Waals surface area contributed by atoms with Gasteiger partial charge in [0.2, 0.25) is 0 Å². The highest BCUT2D eigenvalue weighted by molar-refractivity contribution is 5.34. The molecule has 1 unspecified atom stereocenters. The van der Waals surface area contributed by atoms with E-state index in [1.165, 1.54) is 31.2 Å². The smallest absolute Gasteiger partial charge is 0.304 e. The van der Waals surface area contributed by atoms with Crippen LogP contribution in [0, 0.1) is 10.1 Å². The molecular weight excluding hydrogens is 268 g/mol. The highest BCUT2D eigenvalue weighted by atomic mass is 19.3. The number of alkyl halides is 4. The number of nitro groups is 1. The summed E-state index contributed by atoms with van der Waals surface area (Å²) in [6.45, 7) is 0.339. The van der Waals surface area contributed by atoms with Crippen molar-refractivity contribution in [1.82, 2.24) is 5.32 Å². The zero-order chi connectivity index (χ0) is 14.6. The number of benzene rings is 1. The quantitative estimate of drug-likeness (QED) is 0.495. The first-order valence-electron chi connectivity index (χ1n) is 5.38. The summed E-state index contributed by atoms with van der Waals surface area (Å²) < 4.78 is 49.3. The number of nitro benzene ring substituents is 1. The molecule has 0 radical (unpaired) electrons. The molecule has 0 amide bonds. The molecule has 0 aliphatic rings. The molecule has 1 rings (SSSR count). The van der Waals surface area contributed by atoms with Crippen molar-refractivity contribution >= 4 is 5.69 Å². The minimum atomic E-state index is -4.10. The number of nitrogens with zero attached hydrogens (tertiary/aromatic N) is 1. The standard InChI is InChI=1S/C11H12F4N2O2/c1-7(16-6-11(14,15)10(12)13)8-2-4-9(5-3-8)17(18)19/h2-5,7,10,16H,6H2,1H3. The third kappa shape index (κ3) is 4.16. The Morgan fingerprint density at radius 2 is 1.84 bits per heavy atom. The summed E-state index contributed by atoms with van der Waals surface area (Å²) in [5, 5.41) is 12.7. The zero-order valence-electron chi connectivity index (χ0n) is 9.95. The normalized spacial score (nSPS) is 13.6. The van der Waals surface area contributed by atoms with Gasteiger partial charge in [0.05, 0.1) is 11.5 Å². The van der Waals surface area contributed by atoms with Crippen LogP contribution in [0.1, 0.15) is 18.5 Å². The lowest BCUT2D eigenvalue weighted by atomic mass is 10.1. The van der Waals surface area contributed by atoms with E-state index in [4.69, 9.17) is 0 Å². The van der Waals surface area contributed by atoms with Crippen LogP contribution in [0.25, 0.3) is 0 Å². The van der Waals surface area contributed by atoms with Crippen molar-refractivity contribution in [3.05, 3.63) is 39.9 Å². The molecule has 8 heteroatoms. The maximum atomic E-state index is 12.7. The SMILES string of the molecule is CC(NCC(F)(F)C(F)F)c1ccc([N+](=O)[O-])cc1. The first-order chi connectivity index (χ1) is 8.74. The molecule has 0 aliphatic carbocycles. The van der Waals surface area contributed by atoms with Gasteiger partial charge in [0.25, 0.3) is 5.69 Å². The van der Waals surface area contributed by atoms with Crippen LogP contribution in [0.15, 0.2) is 24.3 Å². The summed E-state index contributed by atoms with van der Waals surface area (Å²) in [6.07, 6.45) is -3.73. The summed E-state index contributed by atoms with van der Waals surface area (Å²) in [5.74, 6) is -4.10. The van der Waals surface area contributed by atoms with Gasteiger partial charge in [-0.15, -0.1) is 0 Å². The van der Waals surface area contributed by atoms with Crippen molar-refractivity contribution in [3.63, 3.8) is 0 Å². The fourth-order valence-corrected chi connectivity index (χ4v) is 1.37. The Balaban J connectivity index is 2.63. The third-order valence-electron chi connectivity index (χ3n) is 2.57. The van der Waals surface area contributed by atoms with Crippen LogP contribution in [-0.4, -0.2) is 23.8 Å². The second-order valence-corrected chi connectivity index (χ2v) is 4.01. The Morgan fingerprint density at radius 1 is 1.32 bits per heavy atom. The van der Waals surface area contributed by atoms with Crippen molar-refractivity contribution in [1.29, 1.82) is 0 Å². The van der Waals surface area contributed by atoms with E-state index in [2.05, 4.69) is 5.32 Å². The van der Waals surface area contributed by atoms with Crippen molar-refractivity contribution in [2.24, 2.45) is 0 Å². The maximum Gasteiger partial charge on any atom is 0.319 e. The Bertz CT molecular complexity index is 437.